The van der Waals surface area contributed by atoms with Gasteiger partial charge in [0.25, 0.3) is 0 Å². The zero-order valence-corrected chi connectivity index (χ0v) is 11.6. The van der Waals surface area contributed by atoms with Gasteiger partial charge in [0.15, 0.2) is 0 Å². The van der Waals surface area contributed by atoms with Crippen LogP contribution in [-0.2, 0) is 0 Å². The third kappa shape index (κ3) is 3.75. The molecule has 1 rings (SSSR count). The SMILES string of the molecule is CCCN(CC(C)(C)CN)c1ccccc1C#N. The van der Waals surface area contributed by atoms with E-state index in [2.05, 4.69) is 31.7 Å². The second-order valence-corrected chi connectivity index (χ2v) is 5.42. The number of benzene rings is 1. The molecule has 0 heterocycles. The molecule has 0 aliphatic rings. The molecule has 0 atom stereocenters. The van der Waals surface area contributed by atoms with Crippen LogP contribution in [0.15, 0.2) is 24.3 Å². The minimum absolute atomic E-state index is 0.0533. The molecule has 1 aromatic carbocycles. The van der Waals surface area contributed by atoms with E-state index >= 15 is 0 Å². The molecule has 0 saturated heterocycles. The molecule has 1 aromatic rings. The van der Waals surface area contributed by atoms with Gasteiger partial charge in [-0.1, -0.05) is 32.9 Å². The number of hydrogen-bond acceptors (Lipinski definition) is 3. The van der Waals surface area contributed by atoms with Crippen molar-refractivity contribution >= 4 is 5.69 Å². The van der Waals surface area contributed by atoms with E-state index in [0.29, 0.717) is 6.54 Å². The van der Waals surface area contributed by atoms with Crippen molar-refractivity contribution in [3.8, 4) is 6.07 Å². The summed E-state index contributed by atoms with van der Waals surface area (Å²) in [4.78, 5) is 2.27. The summed E-state index contributed by atoms with van der Waals surface area (Å²) in [7, 11) is 0. The van der Waals surface area contributed by atoms with Crippen LogP contribution < -0.4 is 10.6 Å². The molecule has 3 nitrogen and oxygen atoms in total. The zero-order valence-electron chi connectivity index (χ0n) is 11.6. The molecule has 0 bridgehead atoms. The molecule has 0 aromatic heterocycles. The summed E-state index contributed by atoms with van der Waals surface area (Å²) in [5, 5.41) is 9.19. The maximum atomic E-state index is 9.19. The molecule has 3 heteroatoms. The first-order valence-corrected chi connectivity index (χ1v) is 6.48. The summed E-state index contributed by atoms with van der Waals surface area (Å²) in [5.41, 5.74) is 7.61. The van der Waals surface area contributed by atoms with Gasteiger partial charge in [-0.25, -0.2) is 0 Å². The average Bonchev–Trinajstić information content (AvgIpc) is 2.38. The molecule has 0 amide bonds. The first-order valence-electron chi connectivity index (χ1n) is 6.48. The highest BCUT2D eigenvalue weighted by atomic mass is 15.1. The summed E-state index contributed by atoms with van der Waals surface area (Å²) in [6, 6.07) is 10.0. The van der Waals surface area contributed by atoms with E-state index in [0.717, 1.165) is 30.8 Å². The van der Waals surface area contributed by atoms with Gasteiger partial charge in [-0.15, -0.1) is 0 Å². The summed E-state index contributed by atoms with van der Waals surface area (Å²) < 4.78 is 0. The van der Waals surface area contributed by atoms with Crippen molar-refractivity contribution in [2.75, 3.05) is 24.5 Å². The standard InChI is InChI=1S/C15H23N3/c1-4-9-18(12-15(2,3)11-17)14-8-6-5-7-13(14)10-16/h5-8H,4,9,11-12,17H2,1-3H3. The van der Waals surface area contributed by atoms with Crippen molar-refractivity contribution in [1.29, 1.82) is 5.26 Å². The van der Waals surface area contributed by atoms with Gasteiger partial charge in [-0.05, 0) is 30.5 Å². The molecular formula is C15H23N3. The van der Waals surface area contributed by atoms with Gasteiger partial charge in [0, 0.05) is 13.1 Å². The quantitative estimate of drug-likeness (QED) is 0.838. The van der Waals surface area contributed by atoms with Gasteiger partial charge in [-0.2, -0.15) is 5.26 Å². The lowest BCUT2D eigenvalue weighted by atomic mass is 9.92. The van der Waals surface area contributed by atoms with Gasteiger partial charge in [0.2, 0.25) is 0 Å². The van der Waals surface area contributed by atoms with Crippen molar-refractivity contribution < 1.29 is 0 Å². The minimum atomic E-state index is 0.0533. The van der Waals surface area contributed by atoms with Crippen molar-refractivity contribution in [2.45, 2.75) is 27.2 Å². The van der Waals surface area contributed by atoms with Crippen molar-refractivity contribution in [3.05, 3.63) is 29.8 Å². The molecule has 0 radical (unpaired) electrons. The van der Waals surface area contributed by atoms with Crippen LogP contribution in [0.5, 0.6) is 0 Å². The number of hydrogen-bond donors (Lipinski definition) is 1. The van der Waals surface area contributed by atoms with E-state index in [1.807, 2.05) is 24.3 Å². The van der Waals surface area contributed by atoms with E-state index in [1.54, 1.807) is 0 Å². The molecular weight excluding hydrogens is 222 g/mol. The Hall–Kier alpha value is -1.53. The topological polar surface area (TPSA) is 53.0 Å². The summed E-state index contributed by atoms with van der Waals surface area (Å²) in [5.74, 6) is 0. The largest absolute Gasteiger partial charge is 0.370 e. The van der Waals surface area contributed by atoms with Crippen LogP contribution in [0, 0.1) is 16.7 Å². The summed E-state index contributed by atoms with van der Waals surface area (Å²) >= 11 is 0. The van der Waals surface area contributed by atoms with Gasteiger partial charge >= 0.3 is 0 Å². The van der Waals surface area contributed by atoms with Gasteiger partial charge < -0.3 is 10.6 Å². The van der Waals surface area contributed by atoms with Crippen LogP contribution in [-0.4, -0.2) is 19.6 Å². The fraction of sp³-hybridized carbons (Fsp3) is 0.533. The number of nitrogens with zero attached hydrogens (tertiary/aromatic N) is 2. The maximum absolute atomic E-state index is 9.19. The van der Waals surface area contributed by atoms with Crippen LogP contribution >= 0.6 is 0 Å². The monoisotopic (exact) mass is 245 g/mol. The van der Waals surface area contributed by atoms with E-state index in [4.69, 9.17) is 5.73 Å². The normalized spacial score (nSPS) is 11.1. The first-order chi connectivity index (χ1) is 8.54. The van der Waals surface area contributed by atoms with Crippen LogP contribution in [0.2, 0.25) is 0 Å². The maximum Gasteiger partial charge on any atom is 0.101 e. The summed E-state index contributed by atoms with van der Waals surface area (Å²) in [6.45, 7) is 8.92. The number of nitriles is 1. The highest BCUT2D eigenvalue weighted by Gasteiger charge is 2.21. The van der Waals surface area contributed by atoms with Crippen molar-refractivity contribution in [3.63, 3.8) is 0 Å². The third-order valence-electron chi connectivity index (χ3n) is 3.03. The second-order valence-electron chi connectivity index (χ2n) is 5.42. The molecule has 0 aliphatic carbocycles. The Kier molecular flexibility index (Phi) is 5.18. The first kappa shape index (κ1) is 14.5. The Morgan fingerprint density at radius 1 is 1.33 bits per heavy atom. The highest BCUT2D eigenvalue weighted by molar-refractivity contribution is 5.59. The molecule has 0 spiro atoms. The molecule has 0 fully saturated rings. The Labute approximate surface area is 110 Å². The fourth-order valence-corrected chi connectivity index (χ4v) is 1.98. The highest BCUT2D eigenvalue weighted by Crippen LogP contribution is 2.24. The molecule has 0 unspecified atom stereocenters. The van der Waals surface area contributed by atoms with E-state index < -0.39 is 0 Å². The predicted molar refractivity (Wildman–Crippen MR) is 76.5 cm³/mol. The number of para-hydroxylation sites is 1. The fourth-order valence-electron chi connectivity index (χ4n) is 1.98. The second kappa shape index (κ2) is 6.42. The van der Waals surface area contributed by atoms with E-state index in [-0.39, 0.29) is 5.41 Å². The number of nitrogens with two attached hydrogens (primary N) is 1. The Morgan fingerprint density at radius 2 is 2.00 bits per heavy atom. The Bertz CT molecular complexity index is 418. The number of anilines is 1. The Balaban J connectivity index is 3.01. The lowest BCUT2D eigenvalue weighted by Gasteiger charge is -2.33. The molecule has 18 heavy (non-hydrogen) atoms. The van der Waals surface area contributed by atoms with E-state index in [9.17, 15) is 5.26 Å². The van der Waals surface area contributed by atoms with E-state index in [1.165, 1.54) is 0 Å². The van der Waals surface area contributed by atoms with Crippen molar-refractivity contribution in [2.24, 2.45) is 11.1 Å². The zero-order chi connectivity index (χ0) is 13.6. The van der Waals surface area contributed by atoms with Gasteiger partial charge in [0.05, 0.1) is 11.3 Å². The smallest absolute Gasteiger partial charge is 0.101 e. The average molecular weight is 245 g/mol. The van der Waals surface area contributed by atoms with Crippen LogP contribution in [0.25, 0.3) is 0 Å². The lowest BCUT2D eigenvalue weighted by molar-refractivity contribution is 0.377. The lowest BCUT2D eigenvalue weighted by Crippen LogP contribution is -2.39. The van der Waals surface area contributed by atoms with Gasteiger partial charge in [0.1, 0.15) is 6.07 Å². The Morgan fingerprint density at radius 3 is 2.56 bits per heavy atom. The van der Waals surface area contributed by atoms with Gasteiger partial charge in [-0.3, -0.25) is 0 Å². The summed E-state index contributed by atoms with van der Waals surface area (Å²) in [6.07, 6.45) is 1.06. The third-order valence-corrected chi connectivity index (χ3v) is 3.03. The minimum Gasteiger partial charge on any atom is -0.370 e. The van der Waals surface area contributed by atoms with Crippen LogP contribution in [0.3, 0.4) is 0 Å². The van der Waals surface area contributed by atoms with Crippen LogP contribution in [0.1, 0.15) is 32.8 Å². The molecule has 0 saturated carbocycles. The predicted octanol–water partition coefficient (Wildman–Crippen LogP) is 2.76. The van der Waals surface area contributed by atoms with Crippen molar-refractivity contribution in [1.82, 2.24) is 0 Å². The molecule has 0 aliphatic heterocycles. The molecule has 98 valence electrons. The number of rotatable bonds is 6. The molecule has 2 N–H and O–H groups in total. The van der Waals surface area contributed by atoms with Crippen LogP contribution in [0.4, 0.5) is 5.69 Å².